The Morgan fingerprint density at radius 3 is 2.73 bits per heavy atom. The summed E-state index contributed by atoms with van der Waals surface area (Å²) in [6.07, 6.45) is 1.75. The van der Waals surface area contributed by atoms with Crippen LogP contribution in [0.5, 0.6) is 5.75 Å². The van der Waals surface area contributed by atoms with Crippen LogP contribution in [-0.2, 0) is 9.53 Å². The minimum absolute atomic E-state index is 0.236. The van der Waals surface area contributed by atoms with Crippen molar-refractivity contribution in [1.29, 1.82) is 0 Å². The average molecular weight is 408 g/mol. The van der Waals surface area contributed by atoms with Gasteiger partial charge < -0.3 is 9.47 Å². The first-order chi connectivity index (χ1) is 12.7. The van der Waals surface area contributed by atoms with Crippen molar-refractivity contribution in [2.24, 2.45) is 4.99 Å². The molecule has 0 atom stereocenters. The van der Waals surface area contributed by atoms with Crippen molar-refractivity contribution in [3.05, 3.63) is 82.0 Å². The standard InChI is InChI=1S/C21H14BrNO3/c1-25-19-10-9-15(22)12-17(19)20-23-18(21(24)26-20)11-14-7-4-6-13-5-2-3-8-16(13)14/h2-12H,1H3. The number of aliphatic imine (C=N–C) groups is 1. The Morgan fingerprint density at radius 1 is 1.08 bits per heavy atom. The summed E-state index contributed by atoms with van der Waals surface area (Å²) in [5.41, 5.74) is 1.80. The van der Waals surface area contributed by atoms with Gasteiger partial charge in [0.15, 0.2) is 5.70 Å². The molecule has 0 spiro atoms. The molecular weight excluding hydrogens is 394 g/mol. The first kappa shape index (κ1) is 16.5. The van der Waals surface area contributed by atoms with Crippen LogP contribution in [-0.4, -0.2) is 19.0 Å². The Labute approximate surface area is 158 Å². The van der Waals surface area contributed by atoms with Gasteiger partial charge >= 0.3 is 5.97 Å². The normalized spacial score (nSPS) is 15.2. The van der Waals surface area contributed by atoms with Gasteiger partial charge in [0.2, 0.25) is 5.90 Å². The van der Waals surface area contributed by atoms with E-state index < -0.39 is 5.97 Å². The topological polar surface area (TPSA) is 47.9 Å². The van der Waals surface area contributed by atoms with Crippen LogP contribution in [0, 0.1) is 0 Å². The zero-order chi connectivity index (χ0) is 18.1. The van der Waals surface area contributed by atoms with Gasteiger partial charge in [-0.3, -0.25) is 0 Å². The first-order valence-electron chi connectivity index (χ1n) is 8.00. The number of carbonyl (C=O) groups excluding carboxylic acids is 1. The lowest BCUT2D eigenvalue weighted by atomic mass is 10.0. The summed E-state index contributed by atoms with van der Waals surface area (Å²) in [4.78, 5) is 16.7. The summed E-state index contributed by atoms with van der Waals surface area (Å²) in [7, 11) is 1.57. The number of methoxy groups -OCH3 is 1. The number of esters is 1. The summed E-state index contributed by atoms with van der Waals surface area (Å²) >= 11 is 3.42. The second-order valence-electron chi connectivity index (χ2n) is 5.75. The van der Waals surface area contributed by atoms with Crippen LogP contribution in [0.15, 0.2) is 75.8 Å². The van der Waals surface area contributed by atoms with E-state index in [0.717, 1.165) is 20.8 Å². The smallest absolute Gasteiger partial charge is 0.363 e. The SMILES string of the molecule is COc1ccc(Br)cc1C1=NC(=Cc2cccc3ccccc23)C(=O)O1. The summed E-state index contributed by atoms with van der Waals surface area (Å²) < 4.78 is 11.6. The minimum atomic E-state index is -0.477. The second-order valence-corrected chi connectivity index (χ2v) is 6.66. The van der Waals surface area contributed by atoms with E-state index in [1.165, 1.54) is 0 Å². The Balaban J connectivity index is 1.80. The van der Waals surface area contributed by atoms with Crippen LogP contribution in [0.3, 0.4) is 0 Å². The lowest BCUT2D eigenvalue weighted by Gasteiger charge is -2.07. The molecule has 4 rings (SSSR count). The Morgan fingerprint density at radius 2 is 1.88 bits per heavy atom. The van der Waals surface area contributed by atoms with Crippen LogP contribution in [0.4, 0.5) is 0 Å². The highest BCUT2D eigenvalue weighted by molar-refractivity contribution is 9.10. The number of fused-ring (bicyclic) bond motifs is 1. The largest absolute Gasteiger partial charge is 0.496 e. The average Bonchev–Trinajstić information content (AvgIpc) is 3.02. The zero-order valence-corrected chi connectivity index (χ0v) is 15.5. The van der Waals surface area contributed by atoms with Gasteiger partial charge in [-0.25, -0.2) is 9.79 Å². The van der Waals surface area contributed by atoms with Crippen LogP contribution in [0.25, 0.3) is 16.8 Å². The molecule has 128 valence electrons. The van der Waals surface area contributed by atoms with Crippen molar-refractivity contribution in [1.82, 2.24) is 0 Å². The van der Waals surface area contributed by atoms with E-state index in [1.54, 1.807) is 19.3 Å². The first-order valence-corrected chi connectivity index (χ1v) is 8.79. The molecule has 1 heterocycles. The van der Waals surface area contributed by atoms with Gasteiger partial charge in [0, 0.05) is 4.47 Å². The third-order valence-corrected chi connectivity index (χ3v) is 4.62. The molecule has 3 aromatic rings. The van der Waals surface area contributed by atoms with E-state index >= 15 is 0 Å². The number of carbonyl (C=O) groups is 1. The van der Waals surface area contributed by atoms with E-state index in [1.807, 2.05) is 54.6 Å². The van der Waals surface area contributed by atoms with Crippen molar-refractivity contribution < 1.29 is 14.3 Å². The van der Waals surface area contributed by atoms with Crippen LogP contribution >= 0.6 is 15.9 Å². The maximum Gasteiger partial charge on any atom is 0.363 e. The molecule has 0 saturated heterocycles. The number of ether oxygens (including phenoxy) is 2. The minimum Gasteiger partial charge on any atom is -0.496 e. The van der Waals surface area contributed by atoms with Gasteiger partial charge in [-0.15, -0.1) is 0 Å². The highest BCUT2D eigenvalue weighted by Crippen LogP contribution is 2.29. The van der Waals surface area contributed by atoms with Gasteiger partial charge in [-0.1, -0.05) is 58.4 Å². The fourth-order valence-electron chi connectivity index (χ4n) is 2.90. The number of cyclic esters (lactones) is 1. The molecule has 0 fully saturated rings. The van der Waals surface area contributed by atoms with E-state index in [-0.39, 0.29) is 11.6 Å². The van der Waals surface area contributed by atoms with E-state index in [4.69, 9.17) is 9.47 Å². The molecule has 0 bridgehead atoms. The predicted molar refractivity (Wildman–Crippen MR) is 105 cm³/mol. The number of nitrogens with zero attached hydrogens (tertiary/aromatic N) is 1. The fourth-order valence-corrected chi connectivity index (χ4v) is 3.26. The molecule has 26 heavy (non-hydrogen) atoms. The number of benzene rings is 3. The van der Waals surface area contributed by atoms with Crippen LogP contribution < -0.4 is 4.74 Å². The van der Waals surface area contributed by atoms with Gasteiger partial charge in [0.25, 0.3) is 0 Å². The molecule has 0 unspecified atom stereocenters. The van der Waals surface area contributed by atoms with E-state index in [2.05, 4.69) is 20.9 Å². The van der Waals surface area contributed by atoms with E-state index in [0.29, 0.717) is 11.3 Å². The van der Waals surface area contributed by atoms with Crippen LogP contribution in [0.2, 0.25) is 0 Å². The molecule has 1 aliphatic heterocycles. The molecule has 4 nitrogen and oxygen atoms in total. The molecular formula is C21H14BrNO3. The number of hydrogen-bond acceptors (Lipinski definition) is 4. The molecule has 1 aliphatic rings. The summed E-state index contributed by atoms with van der Waals surface area (Å²) in [6.45, 7) is 0. The molecule has 0 radical (unpaired) electrons. The van der Waals surface area contributed by atoms with Crippen molar-refractivity contribution in [2.75, 3.05) is 7.11 Å². The number of hydrogen-bond donors (Lipinski definition) is 0. The Kier molecular flexibility index (Phi) is 4.31. The van der Waals surface area contributed by atoms with Gasteiger partial charge in [0.1, 0.15) is 5.75 Å². The summed E-state index contributed by atoms with van der Waals surface area (Å²) in [6, 6.07) is 19.4. The number of halogens is 1. The van der Waals surface area contributed by atoms with Crippen molar-refractivity contribution in [2.45, 2.75) is 0 Å². The monoisotopic (exact) mass is 407 g/mol. The lowest BCUT2D eigenvalue weighted by molar-refractivity contribution is -0.129. The Hall–Kier alpha value is -2.92. The zero-order valence-electron chi connectivity index (χ0n) is 13.9. The van der Waals surface area contributed by atoms with E-state index in [9.17, 15) is 4.79 Å². The highest BCUT2D eigenvalue weighted by Gasteiger charge is 2.26. The molecule has 5 heteroatoms. The predicted octanol–water partition coefficient (Wildman–Crippen LogP) is 4.96. The number of rotatable bonds is 3. The molecule has 0 amide bonds. The summed E-state index contributed by atoms with van der Waals surface area (Å²) in [5, 5.41) is 2.16. The molecule has 0 N–H and O–H groups in total. The Bertz CT molecular complexity index is 1080. The molecule has 3 aromatic carbocycles. The maximum atomic E-state index is 12.3. The van der Waals surface area contributed by atoms with Gasteiger partial charge in [0.05, 0.1) is 12.7 Å². The highest BCUT2D eigenvalue weighted by atomic mass is 79.9. The van der Waals surface area contributed by atoms with Crippen molar-refractivity contribution in [3.8, 4) is 5.75 Å². The maximum absolute atomic E-state index is 12.3. The molecule has 0 aliphatic carbocycles. The molecule has 0 aromatic heterocycles. The van der Waals surface area contributed by atoms with Crippen molar-refractivity contribution in [3.63, 3.8) is 0 Å². The lowest BCUT2D eigenvalue weighted by Crippen LogP contribution is -2.07. The fraction of sp³-hybridized carbons (Fsp3) is 0.0476. The van der Waals surface area contributed by atoms with Crippen molar-refractivity contribution >= 4 is 44.6 Å². The third-order valence-electron chi connectivity index (χ3n) is 4.13. The summed E-state index contributed by atoms with van der Waals surface area (Å²) in [5.74, 6) is 0.348. The van der Waals surface area contributed by atoms with Gasteiger partial charge in [-0.2, -0.15) is 0 Å². The van der Waals surface area contributed by atoms with Crippen LogP contribution in [0.1, 0.15) is 11.1 Å². The third kappa shape index (κ3) is 3.02. The molecule has 0 saturated carbocycles. The quantitative estimate of drug-likeness (QED) is 0.455. The second kappa shape index (κ2) is 6.77. The van der Waals surface area contributed by atoms with Gasteiger partial charge in [-0.05, 0) is 40.6 Å².